The SMILES string of the molecule is Cc1ccc(NC(=O)C2CCNC2)cc1NC(=O)CN1CCCCC1.Cl.Cl. The van der Waals surface area contributed by atoms with Crippen LogP contribution in [0.1, 0.15) is 31.2 Å². The average molecular weight is 417 g/mol. The lowest BCUT2D eigenvalue weighted by molar-refractivity contribution is -0.119. The topological polar surface area (TPSA) is 73.5 Å². The molecule has 1 aromatic carbocycles. The highest BCUT2D eigenvalue weighted by atomic mass is 35.5. The van der Waals surface area contributed by atoms with Crippen LogP contribution in [-0.4, -0.2) is 49.4 Å². The van der Waals surface area contributed by atoms with E-state index in [1.807, 2.05) is 25.1 Å². The van der Waals surface area contributed by atoms with Crippen molar-refractivity contribution in [3.8, 4) is 0 Å². The van der Waals surface area contributed by atoms with Crippen LogP contribution in [0.4, 0.5) is 11.4 Å². The lowest BCUT2D eigenvalue weighted by Gasteiger charge is -2.25. The number of nitrogens with one attached hydrogen (secondary N) is 3. The third-order valence-corrected chi connectivity index (χ3v) is 5.03. The summed E-state index contributed by atoms with van der Waals surface area (Å²) in [6.45, 7) is 6.02. The molecule has 0 aromatic heterocycles. The second-order valence-corrected chi connectivity index (χ2v) is 7.09. The Morgan fingerprint density at radius 2 is 1.89 bits per heavy atom. The number of carbonyl (C=O) groups is 2. The fourth-order valence-electron chi connectivity index (χ4n) is 3.47. The van der Waals surface area contributed by atoms with Gasteiger partial charge >= 0.3 is 0 Å². The Bertz CT molecular complexity index is 630. The summed E-state index contributed by atoms with van der Waals surface area (Å²) in [6.07, 6.45) is 4.47. The molecule has 0 bridgehead atoms. The molecular weight excluding hydrogens is 387 g/mol. The zero-order valence-corrected chi connectivity index (χ0v) is 17.4. The number of hydrogen-bond donors (Lipinski definition) is 3. The summed E-state index contributed by atoms with van der Waals surface area (Å²) in [5.41, 5.74) is 2.49. The molecule has 1 aromatic rings. The first-order valence-electron chi connectivity index (χ1n) is 9.26. The highest BCUT2D eigenvalue weighted by Gasteiger charge is 2.22. The number of nitrogens with zero attached hydrogens (tertiary/aromatic N) is 1. The highest BCUT2D eigenvalue weighted by Crippen LogP contribution is 2.22. The van der Waals surface area contributed by atoms with Crippen LogP contribution in [0.25, 0.3) is 0 Å². The van der Waals surface area contributed by atoms with Crippen molar-refractivity contribution in [3.05, 3.63) is 23.8 Å². The van der Waals surface area contributed by atoms with E-state index in [9.17, 15) is 9.59 Å². The zero-order valence-electron chi connectivity index (χ0n) is 15.8. The number of piperidine rings is 1. The maximum absolute atomic E-state index is 12.3. The molecule has 2 fully saturated rings. The van der Waals surface area contributed by atoms with Gasteiger partial charge in [0.1, 0.15) is 0 Å². The lowest BCUT2D eigenvalue weighted by Crippen LogP contribution is -2.36. The molecule has 1 unspecified atom stereocenters. The van der Waals surface area contributed by atoms with E-state index in [-0.39, 0.29) is 42.5 Å². The van der Waals surface area contributed by atoms with Crippen molar-refractivity contribution >= 4 is 48.0 Å². The van der Waals surface area contributed by atoms with Gasteiger partial charge in [-0.15, -0.1) is 24.8 Å². The van der Waals surface area contributed by atoms with E-state index in [0.29, 0.717) is 6.54 Å². The minimum atomic E-state index is 0. The van der Waals surface area contributed by atoms with Gasteiger partial charge in [0.25, 0.3) is 0 Å². The number of benzene rings is 1. The van der Waals surface area contributed by atoms with E-state index < -0.39 is 0 Å². The quantitative estimate of drug-likeness (QED) is 0.689. The third-order valence-electron chi connectivity index (χ3n) is 5.03. The number of rotatable bonds is 5. The molecule has 3 rings (SSSR count). The monoisotopic (exact) mass is 416 g/mol. The lowest BCUT2D eigenvalue weighted by atomic mass is 10.1. The fourth-order valence-corrected chi connectivity index (χ4v) is 3.47. The number of carbonyl (C=O) groups excluding carboxylic acids is 2. The first-order chi connectivity index (χ1) is 12.1. The number of hydrogen-bond acceptors (Lipinski definition) is 4. The maximum atomic E-state index is 12.3. The number of anilines is 2. The predicted octanol–water partition coefficient (Wildman–Crippen LogP) is 2.81. The molecule has 6 nitrogen and oxygen atoms in total. The third kappa shape index (κ3) is 6.96. The van der Waals surface area contributed by atoms with E-state index >= 15 is 0 Å². The molecule has 0 aliphatic carbocycles. The maximum Gasteiger partial charge on any atom is 0.238 e. The summed E-state index contributed by atoms with van der Waals surface area (Å²) in [7, 11) is 0. The molecule has 27 heavy (non-hydrogen) atoms. The van der Waals surface area contributed by atoms with Crippen molar-refractivity contribution in [2.45, 2.75) is 32.6 Å². The van der Waals surface area contributed by atoms with Crippen LogP contribution in [0.3, 0.4) is 0 Å². The van der Waals surface area contributed by atoms with Gasteiger partial charge in [-0.25, -0.2) is 0 Å². The average Bonchev–Trinajstić information content (AvgIpc) is 3.13. The van der Waals surface area contributed by atoms with Gasteiger partial charge in [-0.1, -0.05) is 12.5 Å². The largest absolute Gasteiger partial charge is 0.326 e. The Morgan fingerprint density at radius 3 is 2.56 bits per heavy atom. The molecule has 0 spiro atoms. The molecule has 1 atom stereocenters. The summed E-state index contributed by atoms with van der Waals surface area (Å²) in [6, 6.07) is 5.67. The van der Waals surface area contributed by atoms with Crippen molar-refractivity contribution in [3.63, 3.8) is 0 Å². The first kappa shape index (κ1) is 23.7. The molecule has 2 saturated heterocycles. The minimum Gasteiger partial charge on any atom is -0.326 e. The summed E-state index contributed by atoms with van der Waals surface area (Å²) >= 11 is 0. The van der Waals surface area contributed by atoms with Crippen LogP contribution in [0.15, 0.2) is 18.2 Å². The molecule has 0 radical (unpaired) electrons. The first-order valence-corrected chi connectivity index (χ1v) is 9.26. The molecule has 2 aliphatic rings. The predicted molar refractivity (Wildman–Crippen MR) is 114 cm³/mol. The smallest absolute Gasteiger partial charge is 0.238 e. The van der Waals surface area contributed by atoms with Crippen molar-refractivity contribution in [1.29, 1.82) is 0 Å². The number of likely N-dealkylation sites (tertiary alicyclic amines) is 1. The molecular formula is C19H30Cl2N4O2. The Labute approximate surface area is 173 Å². The normalized spacial score (nSPS) is 19.5. The Hall–Kier alpha value is -1.34. The van der Waals surface area contributed by atoms with Crippen LogP contribution >= 0.6 is 24.8 Å². The van der Waals surface area contributed by atoms with Crippen LogP contribution < -0.4 is 16.0 Å². The van der Waals surface area contributed by atoms with E-state index in [1.54, 1.807) is 0 Å². The van der Waals surface area contributed by atoms with Gasteiger partial charge < -0.3 is 16.0 Å². The Morgan fingerprint density at radius 1 is 1.15 bits per heavy atom. The van der Waals surface area contributed by atoms with Gasteiger partial charge in [0, 0.05) is 17.9 Å². The molecule has 3 N–H and O–H groups in total. The van der Waals surface area contributed by atoms with Crippen LogP contribution in [0, 0.1) is 12.8 Å². The molecule has 2 amide bonds. The summed E-state index contributed by atoms with van der Waals surface area (Å²) in [5, 5.41) is 9.16. The van der Waals surface area contributed by atoms with Gasteiger partial charge in [-0.3, -0.25) is 14.5 Å². The van der Waals surface area contributed by atoms with Crippen LogP contribution in [0.2, 0.25) is 0 Å². The van der Waals surface area contributed by atoms with Crippen molar-refractivity contribution in [2.24, 2.45) is 5.92 Å². The van der Waals surface area contributed by atoms with Gasteiger partial charge in [-0.2, -0.15) is 0 Å². The summed E-state index contributed by atoms with van der Waals surface area (Å²) < 4.78 is 0. The van der Waals surface area contributed by atoms with E-state index in [2.05, 4.69) is 20.9 Å². The van der Waals surface area contributed by atoms with Gasteiger partial charge in [0.15, 0.2) is 0 Å². The molecule has 152 valence electrons. The standard InChI is InChI=1S/C19H28N4O2.2ClH/c1-14-5-6-16(21-19(25)15-7-8-20-12-15)11-17(14)22-18(24)13-23-9-3-2-4-10-23;;/h5-6,11,15,20H,2-4,7-10,12-13H2,1H3,(H,21,25)(H,22,24);2*1H. The van der Waals surface area contributed by atoms with Crippen molar-refractivity contribution < 1.29 is 9.59 Å². The second kappa shape index (κ2) is 11.5. The van der Waals surface area contributed by atoms with Crippen molar-refractivity contribution in [2.75, 3.05) is 43.4 Å². The number of aryl methyl sites for hydroxylation is 1. The van der Waals surface area contributed by atoms with Gasteiger partial charge in [0.2, 0.25) is 11.8 Å². The molecule has 8 heteroatoms. The zero-order chi connectivity index (χ0) is 17.6. The minimum absolute atomic E-state index is 0. The molecule has 0 saturated carbocycles. The Kier molecular flexibility index (Phi) is 10.1. The van der Waals surface area contributed by atoms with Crippen molar-refractivity contribution in [1.82, 2.24) is 10.2 Å². The van der Waals surface area contributed by atoms with Crippen LogP contribution in [-0.2, 0) is 9.59 Å². The fraction of sp³-hybridized carbons (Fsp3) is 0.579. The van der Waals surface area contributed by atoms with Gasteiger partial charge in [0.05, 0.1) is 12.5 Å². The molecule has 2 aliphatic heterocycles. The summed E-state index contributed by atoms with van der Waals surface area (Å²) in [4.78, 5) is 26.8. The van der Waals surface area contributed by atoms with E-state index in [1.165, 1.54) is 19.3 Å². The number of amides is 2. The van der Waals surface area contributed by atoms with E-state index in [0.717, 1.165) is 49.5 Å². The molecule has 2 heterocycles. The highest BCUT2D eigenvalue weighted by molar-refractivity contribution is 5.96. The summed E-state index contributed by atoms with van der Waals surface area (Å²) in [5.74, 6) is 0.0753. The Balaban J connectivity index is 0.00000182. The van der Waals surface area contributed by atoms with Gasteiger partial charge in [-0.05, 0) is 63.5 Å². The number of halogens is 2. The second-order valence-electron chi connectivity index (χ2n) is 7.09. The van der Waals surface area contributed by atoms with E-state index in [4.69, 9.17) is 0 Å². The van der Waals surface area contributed by atoms with Crippen LogP contribution in [0.5, 0.6) is 0 Å².